The van der Waals surface area contributed by atoms with Gasteiger partial charge in [-0.1, -0.05) is 0 Å². The highest BCUT2D eigenvalue weighted by Crippen LogP contribution is 2.02. The fourth-order valence-electron chi connectivity index (χ4n) is 0.618. The van der Waals surface area contributed by atoms with Gasteiger partial charge < -0.3 is 35.8 Å². The minimum Gasteiger partial charge on any atom is -0.412 e. The molecule has 0 rings (SSSR count). The summed E-state index contributed by atoms with van der Waals surface area (Å²) in [6.45, 7) is -0.760. The van der Waals surface area contributed by atoms with Gasteiger partial charge in [0.1, 0.15) is 24.4 Å². The molecule has 0 aromatic heterocycles. The lowest BCUT2D eigenvalue weighted by Gasteiger charge is -2.22. The smallest absolute Gasteiger partial charge is 0.151 e. The lowest BCUT2D eigenvalue weighted by atomic mass is 10.0. The molecule has 0 aromatic rings. The van der Waals surface area contributed by atoms with Crippen molar-refractivity contribution in [2.24, 2.45) is 0 Å². The van der Waals surface area contributed by atoms with Gasteiger partial charge in [0.15, 0.2) is 6.29 Å². The average molecular weight is 198 g/mol. The van der Waals surface area contributed by atoms with Gasteiger partial charge in [0.25, 0.3) is 0 Å². The van der Waals surface area contributed by atoms with E-state index in [-0.39, 0.29) is 11.8 Å². The molecular weight excluding hydrogens is 184 g/mol. The summed E-state index contributed by atoms with van der Waals surface area (Å²) in [6.07, 6.45) is -6.84. The molecule has 0 spiro atoms. The van der Waals surface area contributed by atoms with E-state index in [0.717, 1.165) is 0 Å². The van der Waals surface area contributed by atoms with E-state index >= 15 is 0 Å². The number of rotatable bonds is 5. The van der Waals surface area contributed by atoms with Crippen molar-refractivity contribution in [3.63, 3.8) is 0 Å². The SMILES string of the molecule is O.O=C[C@@H](O)[C@@H](O)[C@H](O)[C@@H](O)CO. The molecule has 4 atom stereocenters. The van der Waals surface area contributed by atoms with Gasteiger partial charge in [0.2, 0.25) is 0 Å². The van der Waals surface area contributed by atoms with E-state index in [2.05, 4.69) is 0 Å². The van der Waals surface area contributed by atoms with E-state index in [1.54, 1.807) is 0 Å². The van der Waals surface area contributed by atoms with Gasteiger partial charge >= 0.3 is 0 Å². The molecule has 13 heavy (non-hydrogen) atoms. The van der Waals surface area contributed by atoms with Gasteiger partial charge in [-0.25, -0.2) is 0 Å². The van der Waals surface area contributed by atoms with Crippen molar-refractivity contribution in [2.75, 3.05) is 6.61 Å². The second kappa shape index (κ2) is 6.89. The Morgan fingerprint density at radius 1 is 1.08 bits per heavy atom. The fourth-order valence-corrected chi connectivity index (χ4v) is 0.618. The summed E-state index contributed by atoms with van der Waals surface area (Å²) in [7, 11) is 0. The Hall–Kier alpha value is -0.570. The Kier molecular flexibility index (Phi) is 7.92. The molecule has 0 amide bonds. The van der Waals surface area contributed by atoms with E-state index in [4.69, 9.17) is 25.5 Å². The first-order chi connectivity index (χ1) is 5.54. The summed E-state index contributed by atoms with van der Waals surface area (Å²) in [6, 6.07) is 0. The van der Waals surface area contributed by atoms with Crippen LogP contribution in [-0.4, -0.2) is 68.3 Å². The van der Waals surface area contributed by atoms with Crippen molar-refractivity contribution >= 4 is 6.29 Å². The highest BCUT2D eigenvalue weighted by molar-refractivity contribution is 5.56. The first-order valence-electron chi connectivity index (χ1n) is 3.33. The molecule has 0 aliphatic rings. The highest BCUT2D eigenvalue weighted by atomic mass is 16.4. The van der Waals surface area contributed by atoms with E-state index in [1.807, 2.05) is 0 Å². The van der Waals surface area contributed by atoms with E-state index < -0.39 is 31.0 Å². The third kappa shape index (κ3) is 4.27. The predicted molar refractivity (Wildman–Crippen MR) is 40.8 cm³/mol. The highest BCUT2D eigenvalue weighted by Gasteiger charge is 2.29. The van der Waals surface area contributed by atoms with Crippen LogP contribution in [0.3, 0.4) is 0 Å². The standard InChI is InChI=1S/C6H12O6.H2O/c7-1-3(9)5(11)6(12)4(10)2-8;/h1,3-6,8-12H,2H2;1H2/t3-,4+,5-,6-;/m1./s1. The number of hydrogen-bond donors (Lipinski definition) is 5. The van der Waals surface area contributed by atoms with Crippen molar-refractivity contribution in [1.29, 1.82) is 0 Å². The number of carbonyl (C=O) groups is 1. The van der Waals surface area contributed by atoms with Crippen LogP contribution < -0.4 is 0 Å². The quantitative estimate of drug-likeness (QED) is 0.283. The molecule has 0 bridgehead atoms. The molecule has 0 saturated heterocycles. The van der Waals surface area contributed by atoms with Crippen LogP contribution >= 0.6 is 0 Å². The van der Waals surface area contributed by atoms with Crippen LogP contribution in [0.4, 0.5) is 0 Å². The van der Waals surface area contributed by atoms with Crippen LogP contribution in [0.15, 0.2) is 0 Å². The maximum Gasteiger partial charge on any atom is 0.151 e. The summed E-state index contributed by atoms with van der Waals surface area (Å²) in [5.41, 5.74) is 0. The van der Waals surface area contributed by atoms with Crippen LogP contribution in [0.1, 0.15) is 0 Å². The monoisotopic (exact) mass is 198 g/mol. The van der Waals surface area contributed by atoms with Gasteiger partial charge in [-0.05, 0) is 0 Å². The maximum atomic E-state index is 9.90. The van der Waals surface area contributed by atoms with E-state index in [1.165, 1.54) is 0 Å². The molecule has 0 heterocycles. The second-order valence-electron chi connectivity index (χ2n) is 2.36. The Morgan fingerprint density at radius 2 is 1.54 bits per heavy atom. The van der Waals surface area contributed by atoms with Crippen molar-refractivity contribution in [1.82, 2.24) is 0 Å². The molecule has 0 fully saturated rings. The zero-order chi connectivity index (χ0) is 9.72. The van der Waals surface area contributed by atoms with Gasteiger partial charge in [-0.2, -0.15) is 0 Å². The maximum absolute atomic E-state index is 9.90. The number of aliphatic hydroxyl groups excluding tert-OH is 5. The van der Waals surface area contributed by atoms with Gasteiger partial charge in [-0.15, -0.1) is 0 Å². The Bertz CT molecular complexity index is 139. The molecule has 0 aliphatic heterocycles. The van der Waals surface area contributed by atoms with Gasteiger partial charge in [0, 0.05) is 0 Å². The lowest BCUT2D eigenvalue weighted by Crippen LogP contribution is -2.46. The minimum atomic E-state index is -1.79. The zero-order valence-corrected chi connectivity index (χ0v) is 6.74. The summed E-state index contributed by atoms with van der Waals surface area (Å²) >= 11 is 0. The molecule has 80 valence electrons. The lowest BCUT2D eigenvalue weighted by molar-refractivity contribution is -0.136. The first-order valence-corrected chi connectivity index (χ1v) is 3.33. The Labute approximate surface area is 74.2 Å². The number of aliphatic hydroxyl groups is 5. The van der Waals surface area contributed by atoms with Crippen LogP contribution in [0.25, 0.3) is 0 Å². The molecule has 7 N–H and O–H groups in total. The van der Waals surface area contributed by atoms with Crippen molar-refractivity contribution < 1.29 is 35.8 Å². The summed E-state index contributed by atoms with van der Waals surface area (Å²) in [5, 5.41) is 43.5. The molecule has 0 aromatic carbocycles. The normalized spacial score (nSPS) is 19.5. The average Bonchev–Trinajstić information content (AvgIpc) is 2.12. The topological polar surface area (TPSA) is 150 Å². The molecule has 7 heteroatoms. The summed E-state index contributed by atoms with van der Waals surface area (Å²) < 4.78 is 0. The van der Waals surface area contributed by atoms with E-state index in [0.29, 0.717) is 0 Å². The number of aldehydes is 1. The molecule has 7 nitrogen and oxygen atoms in total. The van der Waals surface area contributed by atoms with E-state index in [9.17, 15) is 4.79 Å². The van der Waals surface area contributed by atoms with Gasteiger partial charge in [0.05, 0.1) is 6.61 Å². The summed E-state index contributed by atoms with van der Waals surface area (Å²) in [4.78, 5) is 9.90. The van der Waals surface area contributed by atoms with Crippen molar-refractivity contribution in [2.45, 2.75) is 24.4 Å². The minimum absolute atomic E-state index is 0. The third-order valence-electron chi connectivity index (χ3n) is 1.42. The molecular formula is C6H14O7. The molecule has 0 aliphatic carbocycles. The van der Waals surface area contributed by atoms with Crippen LogP contribution in [0.5, 0.6) is 0 Å². The summed E-state index contributed by atoms with van der Waals surface area (Å²) in [5.74, 6) is 0. The van der Waals surface area contributed by atoms with Gasteiger partial charge in [-0.3, -0.25) is 0 Å². The Balaban J connectivity index is 0. The fraction of sp³-hybridized carbons (Fsp3) is 0.833. The van der Waals surface area contributed by atoms with Crippen molar-refractivity contribution in [3.8, 4) is 0 Å². The van der Waals surface area contributed by atoms with Crippen LogP contribution in [0.2, 0.25) is 0 Å². The zero-order valence-electron chi connectivity index (χ0n) is 6.74. The first kappa shape index (κ1) is 14.9. The predicted octanol–water partition coefficient (Wildman–Crippen LogP) is -4.20. The van der Waals surface area contributed by atoms with Crippen LogP contribution in [-0.2, 0) is 4.79 Å². The Morgan fingerprint density at radius 3 is 1.85 bits per heavy atom. The van der Waals surface area contributed by atoms with Crippen molar-refractivity contribution in [3.05, 3.63) is 0 Å². The molecule has 0 unspecified atom stereocenters. The third-order valence-corrected chi connectivity index (χ3v) is 1.42. The largest absolute Gasteiger partial charge is 0.412 e. The second-order valence-corrected chi connectivity index (χ2v) is 2.36. The molecule has 0 radical (unpaired) electrons. The van der Waals surface area contributed by atoms with Crippen LogP contribution in [0, 0.1) is 0 Å². The molecule has 0 saturated carbocycles. The number of carbonyl (C=O) groups excluding carboxylic acids is 1. The number of hydrogen-bond acceptors (Lipinski definition) is 6.